The lowest BCUT2D eigenvalue weighted by Crippen LogP contribution is -2.33. The van der Waals surface area contributed by atoms with Gasteiger partial charge in [-0.05, 0) is 25.0 Å². The third kappa shape index (κ3) is 5.48. The SMILES string of the molecule is CCC(NC(=O)COCC(N)=O)c1ccc(C)cn1. The smallest absolute Gasteiger partial charge is 0.246 e. The Kier molecular flexibility index (Phi) is 5.95. The van der Waals surface area contributed by atoms with Crippen molar-refractivity contribution in [1.82, 2.24) is 10.3 Å². The summed E-state index contributed by atoms with van der Waals surface area (Å²) < 4.78 is 4.85. The minimum absolute atomic E-state index is 0.162. The largest absolute Gasteiger partial charge is 0.368 e. The van der Waals surface area contributed by atoms with Gasteiger partial charge in [0.2, 0.25) is 11.8 Å². The van der Waals surface area contributed by atoms with Crippen molar-refractivity contribution >= 4 is 11.8 Å². The van der Waals surface area contributed by atoms with Crippen LogP contribution < -0.4 is 11.1 Å². The molecule has 1 aromatic heterocycles. The molecule has 0 saturated heterocycles. The van der Waals surface area contributed by atoms with Crippen molar-refractivity contribution in [2.45, 2.75) is 26.3 Å². The Morgan fingerprint density at radius 1 is 1.42 bits per heavy atom. The van der Waals surface area contributed by atoms with Crippen molar-refractivity contribution in [3.8, 4) is 0 Å². The first-order valence-corrected chi connectivity index (χ1v) is 6.11. The minimum Gasteiger partial charge on any atom is -0.368 e. The van der Waals surface area contributed by atoms with Gasteiger partial charge in [-0.1, -0.05) is 13.0 Å². The van der Waals surface area contributed by atoms with Crippen LogP contribution in [0.2, 0.25) is 0 Å². The topological polar surface area (TPSA) is 94.3 Å². The third-order valence-electron chi connectivity index (χ3n) is 2.51. The lowest BCUT2D eigenvalue weighted by Gasteiger charge is -2.16. The first-order chi connectivity index (χ1) is 9.02. The summed E-state index contributed by atoms with van der Waals surface area (Å²) in [6, 6.07) is 3.67. The molecule has 0 aliphatic rings. The van der Waals surface area contributed by atoms with Crippen LogP contribution in [0.5, 0.6) is 0 Å². The van der Waals surface area contributed by atoms with Gasteiger partial charge in [0.25, 0.3) is 0 Å². The average molecular weight is 265 g/mol. The Morgan fingerprint density at radius 3 is 2.68 bits per heavy atom. The quantitative estimate of drug-likeness (QED) is 0.748. The highest BCUT2D eigenvalue weighted by Crippen LogP contribution is 2.13. The fourth-order valence-corrected chi connectivity index (χ4v) is 1.55. The van der Waals surface area contributed by atoms with Crippen molar-refractivity contribution in [1.29, 1.82) is 0 Å². The van der Waals surface area contributed by atoms with Crippen LogP contribution in [0, 0.1) is 6.92 Å². The molecule has 6 nitrogen and oxygen atoms in total. The summed E-state index contributed by atoms with van der Waals surface area (Å²) in [5, 5.41) is 2.80. The van der Waals surface area contributed by atoms with Crippen molar-refractivity contribution < 1.29 is 14.3 Å². The molecule has 1 heterocycles. The molecule has 3 N–H and O–H groups in total. The number of nitrogens with zero attached hydrogens (tertiary/aromatic N) is 1. The van der Waals surface area contributed by atoms with Crippen LogP contribution in [-0.2, 0) is 14.3 Å². The van der Waals surface area contributed by atoms with Crippen LogP contribution in [0.25, 0.3) is 0 Å². The highest BCUT2D eigenvalue weighted by molar-refractivity contribution is 5.79. The summed E-state index contributed by atoms with van der Waals surface area (Å²) in [6.45, 7) is 3.46. The second-order valence-corrected chi connectivity index (χ2v) is 4.25. The Hall–Kier alpha value is -1.95. The number of rotatable bonds is 7. The van der Waals surface area contributed by atoms with E-state index >= 15 is 0 Å². The van der Waals surface area contributed by atoms with E-state index in [2.05, 4.69) is 10.3 Å². The number of pyridine rings is 1. The highest BCUT2D eigenvalue weighted by atomic mass is 16.5. The molecule has 104 valence electrons. The molecule has 0 bridgehead atoms. The van der Waals surface area contributed by atoms with E-state index in [1.165, 1.54) is 0 Å². The van der Waals surface area contributed by atoms with E-state index in [1.54, 1.807) is 6.20 Å². The number of amides is 2. The van der Waals surface area contributed by atoms with Crippen LogP contribution >= 0.6 is 0 Å². The molecule has 0 fully saturated rings. The Balaban J connectivity index is 2.50. The maximum absolute atomic E-state index is 11.6. The zero-order chi connectivity index (χ0) is 14.3. The molecule has 0 radical (unpaired) electrons. The predicted octanol–water partition coefficient (Wildman–Crippen LogP) is 0.459. The molecular formula is C13H19N3O3. The zero-order valence-electron chi connectivity index (χ0n) is 11.2. The van der Waals surface area contributed by atoms with E-state index in [-0.39, 0.29) is 25.2 Å². The summed E-state index contributed by atoms with van der Waals surface area (Å²) in [7, 11) is 0. The lowest BCUT2D eigenvalue weighted by molar-refractivity contribution is -0.130. The fraction of sp³-hybridized carbons (Fsp3) is 0.462. The van der Waals surface area contributed by atoms with Gasteiger partial charge in [0.1, 0.15) is 13.2 Å². The van der Waals surface area contributed by atoms with E-state index < -0.39 is 5.91 Å². The summed E-state index contributed by atoms with van der Waals surface area (Å²) >= 11 is 0. The second kappa shape index (κ2) is 7.48. The van der Waals surface area contributed by atoms with E-state index in [0.29, 0.717) is 0 Å². The Bertz CT molecular complexity index is 431. The van der Waals surface area contributed by atoms with Gasteiger partial charge < -0.3 is 15.8 Å². The molecule has 0 aromatic carbocycles. The molecule has 2 amide bonds. The van der Waals surface area contributed by atoms with Gasteiger partial charge in [-0.2, -0.15) is 0 Å². The molecule has 0 saturated carbocycles. The normalized spacial score (nSPS) is 11.9. The maximum Gasteiger partial charge on any atom is 0.246 e. The van der Waals surface area contributed by atoms with E-state index in [0.717, 1.165) is 17.7 Å². The number of carbonyl (C=O) groups excluding carboxylic acids is 2. The van der Waals surface area contributed by atoms with Crippen LogP contribution in [0.4, 0.5) is 0 Å². The van der Waals surface area contributed by atoms with E-state index in [9.17, 15) is 9.59 Å². The number of aryl methyl sites for hydroxylation is 1. The monoisotopic (exact) mass is 265 g/mol. The molecule has 19 heavy (non-hydrogen) atoms. The summed E-state index contributed by atoms with van der Waals surface area (Å²) in [4.78, 5) is 26.4. The van der Waals surface area contributed by atoms with Gasteiger partial charge in [-0.3, -0.25) is 14.6 Å². The maximum atomic E-state index is 11.6. The summed E-state index contributed by atoms with van der Waals surface area (Å²) in [5.74, 6) is -0.893. The number of ether oxygens (including phenoxy) is 1. The number of carbonyl (C=O) groups is 2. The van der Waals surface area contributed by atoms with Gasteiger partial charge in [-0.15, -0.1) is 0 Å². The van der Waals surface area contributed by atoms with Crippen molar-refractivity contribution in [3.05, 3.63) is 29.6 Å². The number of nitrogens with two attached hydrogens (primary N) is 1. The van der Waals surface area contributed by atoms with Crippen molar-refractivity contribution in [2.24, 2.45) is 5.73 Å². The standard InChI is InChI=1S/C13H19N3O3/c1-3-10(11-5-4-9(2)6-15-11)16-13(18)8-19-7-12(14)17/h4-6,10H,3,7-8H2,1-2H3,(H2,14,17)(H,16,18). The molecule has 6 heteroatoms. The van der Waals surface area contributed by atoms with Gasteiger partial charge in [-0.25, -0.2) is 0 Å². The number of hydrogen-bond acceptors (Lipinski definition) is 4. The summed E-state index contributed by atoms with van der Waals surface area (Å²) in [6.07, 6.45) is 2.48. The Morgan fingerprint density at radius 2 is 2.16 bits per heavy atom. The molecule has 1 aromatic rings. The van der Waals surface area contributed by atoms with Gasteiger partial charge in [0, 0.05) is 6.20 Å². The van der Waals surface area contributed by atoms with Gasteiger partial charge >= 0.3 is 0 Å². The predicted molar refractivity (Wildman–Crippen MR) is 70.2 cm³/mol. The van der Waals surface area contributed by atoms with Crippen molar-refractivity contribution in [3.63, 3.8) is 0 Å². The van der Waals surface area contributed by atoms with Gasteiger partial charge in [0.05, 0.1) is 11.7 Å². The van der Waals surface area contributed by atoms with Crippen LogP contribution in [0.15, 0.2) is 18.3 Å². The van der Waals surface area contributed by atoms with Gasteiger partial charge in [0.15, 0.2) is 0 Å². The second-order valence-electron chi connectivity index (χ2n) is 4.25. The van der Waals surface area contributed by atoms with E-state index in [4.69, 9.17) is 10.5 Å². The lowest BCUT2D eigenvalue weighted by atomic mass is 10.1. The van der Waals surface area contributed by atoms with Crippen LogP contribution in [0.1, 0.15) is 30.6 Å². The first kappa shape index (κ1) is 15.1. The fourth-order valence-electron chi connectivity index (χ4n) is 1.55. The molecule has 0 aliphatic carbocycles. The number of hydrogen-bond donors (Lipinski definition) is 2. The molecular weight excluding hydrogens is 246 g/mol. The van der Waals surface area contributed by atoms with Crippen LogP contribution in [-0.4, -0.2) is 30.0 Å². The summed E-state index contributed by atoms with van der Waals surface area (Å²) in [5.41, 5.74) is 6.77. The highest BCUT2D eigenvalue weighted by Gasteiger charge is 2.13. The zero-order valence-corrected chi connectivity index (χ0v) is 11.2. The first-order valence-electron chi connectivity index (χ1n) is 6.11. The minimum atomic E-state index is -0.597. The molecule has 1 unspecified atom stereocenters. The number of aromatic nitrogens is 1. The number of nitrogens with one attached hydrogen (secondary N) is 1. The number of primary amides is 1. The molecule has 0 spiro atoms. The van der Waals surface area contributed by atoms with Crippen molar-refractivity contribution in [2.75, 3.05) is 13.2 Å². The average Bonchev–Trinajstić information content (AvgIpc) is 2.36. The Labute approximate surface area is 112 Å². The molecule has 1 rings (SSSR count). The molecule has 1 atom stereocenters. The van der Waals surface area contributed by atoms with E-state index in [1.807, 2.05) is 26.0 Å². The molecule has 0 aliphatic heterocycles. The van der Waals surface area contributed by atoms with Crippen LogP contribution in [0.3, 0.4) is 0 Å². The third-order valence-corrected chi connectivity index (χ3v) is 2.51.